The van der Waals surface area contributed by atoms with Gasteiger partial charge in [-0.15, -0.1) is 0 Å². The van der Waals surface area contributed by atoms with Gasteiger partial charge in [0.2, 0.25) is 11.8 Å². The molecule has 7 nitrogen and oxygen atoms in total. The molecule has 4 fully saturated rings. The molecule has 4 unspecified atom stereocenters. The molecule has 6 rings (SSSR count). The smallest absolute Gasteiger partial charge is 0.255 e. The maximum Gasteiger partial charge on any atom is 0.255 e. The van der Waals surface area contributed by atoms with Crippen molar-refractivity contribution in [2.45, 2.75) is 50.5 Å². The lowest BCUT2D eigenvalue weighted by Gasteiger charge is -2.35. The number of amides is 3. The summed E-state index contributed by atoms with van der Waals surface area (Å²) in [7, 11) is 0. The summed E-state index contributed by atoms with van der Waals surface area (Å²) >= 11 is 0. The molecule has 7 heteroatoms. The number of hydrogen-bond donors (Lipinski definition) is 3. The molecule has 4 aliphatic heterocycles. The van der Waals surface area contributed by atoms with E-state index in [2.05, 4.69) is 22.0 Å². The van der Waals surface area contributed by atoms with Gasteiger partial charge in [0, 0.05) is 37.2 Å². The van der Waals surface area contributed by atoms with Gasteiger partial charge in [-0.05, 0) is 42.5 Å². The van der Waals surface area contributed by atoms with E-state index in [1.165, 1.54) is 6.42 Å². The molecule has 1 saturated carbocycles. The molecule has 5 aliphatic rings. The predicted molar refractivity (Wildman–Crippen MR) is 93.0 cm³/mol. The minimum atomic E-state index is -0.550. The molecular weight excluding hydrogens is 332 g/mol. The van der Waals surface area contributed by atoms with Crippen LogP contribution in [-0.2, 0) is 22.7 Å². The van der Waals surface area contributed by atoms with Crippen LogP contribution in [0.5, 0.6) is 0 Å². The lowest BCUT2D eigenvalue weighted by molar-refractivity contribution is -0.136. The molecule has 1 aromatic carbocycles. The number of nitrogens with zero attached hydrogens (tertiary/aromatic N) is 1. The van der Waals surface area contributed by atoms with E-state index >= 15 is 0 Å². The number of hydrogen-bond acceptors (Lipinski definition) is 5. The molecule has 0 aromatic heterocycles. The Bertz CT molecular complexity index is 794. The summed E-state index contributed by atoms with van der Waals surface area (Å²) < 4.78 is 0. The van der Waals surface area contributed by atoms with Crippen molar-refractivity contribution < 1.29 is 14.4 Å². The van der Waals surface area contributed by atoms with Crippen LogP contribution in [0.3, 0.4) is 0 Å². The number of benzene rings is 1. The summed E-state index contributed by atoms with van der Waals surface area (Å²) in [5, 5.41) is 9.43. The quantitative estimate of drug-likeness (QED) is 0.657. The van der Waals surface area contributed by atoms with Gasteiger partial charge in [0.25, 0.3) is 5.91 Å². The summed E-state index contributed by atoms with van der Waals surface area (Å²) in [6.45, 7) is 2.29. The number of rotatable bonds is 4. The van der Waals surface area contributed by atoms with Crippen LogP contribution >= 0.6 is 0 Å². The van der Waals surface area contributed by atoms with Crippen LogP contribution in [0, 0.1) is 5.92 Å². The SMILES string of the molecule is O=C1CCC(N2Cc3ccc(CNC4C5CNC4C5)cc3C2=O)C(=O)N1. The average molecular weight is 354 g/mol. The largest absolute Gasteiger partial charge is 0.322 e. The minimum Gasteiger partial charge on any atom is -0.322 e. The zero-order valence-corrected chi connectivity index (χ0v) is 14.5. The van der Waals surface area contributed by atoms with Gasteiger partial charge in [0.05, 0.1) is 0 Å². The van der Waals surface area contributed by atoms with Crippen LogP contribution < -0.4 is 16.0 Å². The van der Waals surface area contributed by atoms with E-state index in [9.17, 15) is 14.4 Å². The second-order valence-corrected chi connectivity index (χ2v) is 7.81. The Morgan fingerprint density at radius 3 is 2.85 bits per heavy atom. The summed E-state index contributed by atoms with van der Waals surface area (Å²) in [5.74, 6) is 0.00119. The fourth-order valence-corrected chi connectivity index (χ4v) is 4.73. The maximum atomic E-state index is 12.8. The van der Waals surface area contributed by atoms with Gasteiger partial charge in [-0.25, -0.2) is 0 Å². The molecule has 4 atom stereocenters. The average Bonchev–Trinajstić information content (AvgIpc) is 3.31. The van der Waals surface area contributed by atoms with Crippen LogP contribution in [0.1, 0.15) is 40.7 Å². The van der Waals surface area contributed by atoms with Crippen LogP contribution in [0.2, 0.25) is 0 Å². The monoisotopic (exact) mass is 354 g/mol. The molecular formula is C19H22N4O3. The lowest BCUT2D eigenvalue weighted by atomic mass is 9.80. The molecule has 136 valence electrons. The number of fused-ring (bicyclic) bond motifs is 2. The Balaban J connectivity index is 1.28. The van der Waals surface area contributed by atoms with E-state index in [-0.39, 0.29) is 24.1 Å². The minimum absolute atomic E-state index is 0.110. The molecule has 26 heavy (non-hydrogen) atoms. The molecule has 3 amide bonds. The topological polar surface area (TPSA) is 90.5 Å². The Kier molecular flexibility index (Phi) is 3.62. The lowest BCUT2D eigenvalue weighted by Crippen LogP contribution is -2.52. The highest BCUT2D eigenvalue weighted by Gasteiger charge is 2.46. The van der Waals surface area contributed by atoms with E-state index in [4.69, 9.17) is 0 Å². The highest BCUT2D eigenvalue weighted by molar-refractivity contribution is 6.05. The van der Waals surface area contributed by atoms with Gasteiger partial charge in [-0.2, -0.15) is 0 Å². The first-order chi connectivity index (χ1) is 12.6. The van der Waals surface area contributed by atoms with E-state index in [0.717, 1.165) is 30.1 Å². The summed E-state index contributed by atoms with van der Waals surface area (Å²) in [5.41, 5.74) is 2.73. The normalized spacial score (nSPS) is 32.5. The molecule has 1 aromatic rings. The number of carbonyl (C=O) groups is 3. The Morgan fingerprint density at radius 1 is 1.23 bits per heavy atom. The van der Waals surface area contributed by atoms with E-state index in [1.807, 2.05) is 12.1 Å². The molecule has 4 heterocycles. The number of imide groups is 1. The van der Waals surface area contributed by atoms with Crippen molar-refractivity contribution in [1.82, 2.24) is 20.9 Å². The number of carbonyl (C=O) groups excluding carboxylic acids is 3. The van der Waals surface area contributed by atoms with Crippen LogP contribution in [0.25, 0.3) is 0 Å². The number of nitrogens with one attached hydrogen (secondary N) is 3. The zero-order valence-electron chi connectivity index (χ0n) is 14.5. The van der Waals surface area contributed by atoms with Crippen molar-refractivity contribution in [1.29, 1.82) is 0 Å². The maximum absolute atomic E-state index is 12.8. The van der Waals surface area contributed by atoms with Gasteiger partial charge >= 0.3 is 0 Å². The fourth-order valence-electron chi connectivity index (χ4n) is 4.73. The van der Waals surface area contributed by atoms with Gasteiger partial charge in [-0.3, -0.25) is 19.7 Å². The molecule has 0 radical (unpaired) electrons. The molecule has 2 bridgehead atoms. The summed E-state index contributed by atoms with van der Waals surface area (Å²) in [6, 6.07) is 6.58. The highest BCUT2D eigenvalue weighted by atomic mass is 16.2. The first-order valence-corrected chi connectivity index (χ1v) is 9.33. The molecule has 3 saturated heterocycles. The summed E-state index contributed by atoms with van der Waals surface area (Å²) in [6.07, 6.45) is 1.95. The van der Waals surface area contributed by atoms with Gasteiger partial charge in [0.15, 0.2) is 0 Å². The second-order valence-electron chi connectivity index (χ2n) is 7.81. The fraction of sp³-hybridized carbons (Fsp3) is 0.526. The van der Waals surface area contributed by atoms with Crippen molar-refractivity contribution in [2.24, 2.45) is 5.92 Å². The van der Waals surface area contributed by atoms with E-state index < -0.39 is 6.04 Å². The highest BCUT2D eigenvalue weighted by Crippen LogP contribution is 2.34. The standard InChI is InChI=1S/C19H22N4O3/c24-16-4-3-15(18(25)22-16)23-9-11-2-1-10(5-13(11)19(23)26)7-21-17-12-6-14(17)20-8-12/h1-2,5,12,14-15,17,20-21H,3-4,6-9H2,(H,22,24,25). The van der Waals surface area contributed by atoms with Crippen molar-refractivity contribution in [2.75, 3.05) is 6.54 Å². The van der Waals surface area contributed by atoms with Crippen molar-refractivity contribution in [3.63, 3.8) is 0 Å². The van der Waals surface area contributed by atoms with Crippen molar-refractivity contribution in [3.8, 4) is 0 Å². The summed E-state index contributed by atoms with van der Waals surface area (Å²) in [4.78, 5) is 37.9. The molecule has 1 aliphatic carbocycles. The third kappa shape index (κ3) is 2.46. The third-order valence-electron chi connectivity index (χ3n) is 6.27. The third-order valence-corrected chi connectivity index (χ3v) is 6.27. The first-order valence-electron chi connectivity index (χ1n) is 9.33. The van der Waals surface area contributed by atoms with Crippen molar-refractivity contribution in [3.05, 3.63) is 34.9 Å². The Labute approximate surface area is 151 Å². The molecule has 0 spiro atoms. The van der Waals surface area contributed by atoms with Crippen LogP contribution in [-0.4, -0.2) is 47.3 Å². The molecule has 3 N–H and O–H groups in total. The Hall–Kier alpha value is -2.25. The van der Waals surface area contributed by atoms with Gasteiger partial charge in [-0.1, -0.05) is 12.1 Å². The Morgan fingerprint density at radius 2 is 2.12 bits per heavy atom. The predicted octanol–water partition coefficient (Wildman–Crippen LogP) is -0.102. The van der Waals surface area contributed by atoms with E-state index in [1.54, 1.807) is 4.90 Å². The van der Waals surface area contributed by atoms with Gasteiger partial charge in [0.1, 0.15) is 6.04 Å². The van der Waals surface area contributed by atoms with Crippen LogP contribution in [0.15, 0.2) is 18.2 Å². The first kappa shape index (κ1) is 16.0. The second kappa shape index (κ2) is 5.89. The van der Waals surface area contributed by atoms with Crippen molar-refractivity contribution >= 4 is 17.7 Å². The zero-order chi connectivity index (χ0) is 17.8. The van der Waals surface area contributed by atoms with Gasteiger partial charge < -0.3 is 15.5 Å². The van der Waals surface area contributed by atoms with Crippen LogP contribution in [0.4, 0.5) is 0 Å². The van der Waals surface area contributed by atoms with E-state index in [0.29, 0.717) is 30.6 Å². The number of piperidine rings is 1.